The van der Waals surface area contributed by atoms with Crippen molar-refractivity contribution in [3.63, 3.8) is 0 Å². The molecule has 5 nitrogen and oxygen atoms in total. The molecule has 2 aromatic rings. The van der Waals surface area contributed by atoms with Crippen molar-refractivity contribution in [2.24, 2.45) is 0 Å². The summed E-state index contributed by atoms with van der Waals surface area (Å²) in [7, 11) is 0. The van der Waals surface area contributed by atoms with Crippen molar-refractivity contribution in [3.8, 4) is 0 Å². The maximum absolute atomic E-state index is 11.8. The van der Waals surface area contributed by atoms with Gasteiger partial charge in [-0.15, -0.1) is 0 Å². The highest BCUT2D eigenvalue weighted by atomic mass is 16.6. The maximum atomic E-state index is 11.8. The Morgan fingerprint density at radius 2 is 2.16 bits per heavy atom. The molecule has 1 amide bonds. The molecule has 0 spiro atoms. The summed E-state index contributed by atoms with van der Waals surface area (Å²) in [6, 6.07) is 5.49. The number of hydrogen-bond donors (Lipinski definition) is 3. The fourth-order valence-electron chi connectivity index (χ4n) is 1.90. The maximum Gasteiger partial charge on any atom is 0.412 e. The molecule has 1 aromatic heterocycles. The molecular weight excluding hydrogens is 244 g/mol. The summed E-state index contributed by atoms with van der Waals surface area (Å²) >= 11 is 0. The normalized spacial score (nSPS) is 11.6. The van der Waals surface area contributed by atoms with Crippen LogP contribution in [0.1, 0.15) is 26.3 Å². The van der Waals surface area contributed by atoms with Crippen LogP contribution in [-0.4, -0.2) is 21.8 Å². The minimum atomic E-state index is -0.546. The van der Waals surface area contributed by atoms with Crippen LogP contribution < -0.4 is 5.32 Å². The highest BCUT2D eigenvalue weighted by Gasteiger charge is 2.17. The number of aliphatic hydroxyl groups is 1. The molecule has 0 radical (unpaired) electrons. The molecule has 0 bridgehead atoms. The van der Waals surface area contributed by atoms with Crippen LogP contribution in [0, 0.1) is 0 Å². The molecule has 2 rings (SSSR count). The van der Waals surface area contributed by atoms with Gasteiger partial charge in [0.15, 0.2) is 0 Å². The molecule has 3 N–H and O–H groups in total. The van der Waals surface area contributed by atoms with Crippen LogP contribution in [-0.2, 0) is 11.3 Å². The van der Waals surface area contributed by atoms with Gasteiger partial charge in [0.05, 0.1) is 12.3 Å². The van der Waals surface area contributed by atoms with Crippen LogP contribution >= 0.6 is 0 Å². The van der Waals surface area contributed by atoms with Crippen molar-refractivity contribution in [3.05, 3.63) is 30.0 Å². The first-order valence-corrected chi connectivity index (χ1v) is 6.10. The highest BCUT2D eigenvalue weighted by Crippen LogP contribution is 2.27. The Morgan fingerprint density at radius 3 is 2.79 bits per heavy atom. The van der Waals surface area contributed by atoms with Gasteiger partial charge in [-0.25, -0.2) is 4.79 Å². The van der Waals surface area contributed by atoms with Crippen molar-refractivity contribution in [2.75, 3.05) is 5.32 Å². The fourth-order valence-corrected chi connectivity index (χ4v) is 1.90. The topological polar surface area (TPSA) is 74.3 Å². The Hall–Kier alpha value is -2.01. The molecular formula is C14H18N2O3. The van der Waals surface area contributed by atoms with Gasteiger partial charge in [-0.3, -0.25) is 5.32 Å². The number of aromatic nitrogens is 1. The molecule has 1 aromatic carbocycles. The lowest BCUT2D eigenvalue weighted by molar-refractivity contribution is 0.0636. The number of aromatic amines is 1. The Balaban J connectivity index is 2.30. The van der Waals surface area contributed by atoms with Gasteiger partial charge >= 0.3 is 6.09 Å². The third-order valence-corrected chi connectivity index (χ3v) is 2.59. The number of rotatable bonds is 2. The van der Waals surface area contributed by atoms with E-state index in [9.17, 15) is 9.90 Å². The second-order valence-corrected chi connectivity index (χ2v) is 5.33. The second kappa shape index (κ2) is 4.93. The van der Waals surface area contributed by atoms with Crippen molar-refractivity contribution in [2.45, 2.75) is 33.0 Å². The molecule has 5 heteroatoms. The minimum absolute atomic E-state index is 0.0903. The third kappa shape index (κ3) is 3.06. The van der Waals surface area contributed by atoms with E-state index in [1.54, 1.807) is 12.3 Å². The quantitative estimate of drug-likeness (QED) is 0.778. The highest BCUT2D eigenvalue weighted by molar-refractivity contribution is 6.01. The average Bonchev–Trinajstić information content (AvgIpc) is 2.70. The van der Waals surface area contributed by atoms with Gasteiger partial charge in [0.2, 0.25) is 0 Å². The lowest BCUT2D eigenvalue weighted by Gasteiger charge is -2.20. The zero-order chi connectivity index (χ0) is 14.0. The number of aliphatic hydroxyl groups excluding tert-OH is 1. The van der Waals surface area contributed by atoms with Crippen LogP contribution in [0.4, 0.5) is 10.5 Å². The zero-order valence-corrected chi connectivity index (χ0v) is 11.3. The molecule has 19 heavy (non-hydrogen) atoms. The first kappa shape index (κ1) is 13.4. The number of ether oxygens (including phenoxy) is 1. The van der Waals surface area contributed by atoms with Crippen molar-refractivity contribution >= 4 is 22.7 Å². The van der Waals surface area contributed by atoms with E-state index in [2.05, 4.69) is 10.3 Å². The molecule has 0 aliphatic rings. The molecule has 0 unspecified atom stereocenters. The molecule has 102 valence electrons. The largest absolute Gasteiger partial charge is 0.444 e. The van der Waals surface area contributed by atoms with Crippen LogP contribution in [0.15, 0.2) is 24.4 Å². The molecule has 0 fully saturated rings. The molecule has 0 atom stereocenters. The predicted molar refractivity (Wildman–Crippen MR) is 74.1 cm³/mol. The fraction of sp³-hybridized carbons (Fsp3) is 0.357. The van der Waals surface area contributed by atoms with Gasteiger partial charge < -0.3 is 14.8 Å². The second-order valence-electron chi connectivity index (χ2n) is 5.33. The molecule has 0 aliphatic heterocycles. The van der Waals surface area contributed by atoms with Gasteiger partial charge in [0.25, 0.3) is 0 Å². The summed E-state index contributed by atoms with van der Waals surface area (Å²) in [5.41, 5.74) is 1.67. The van der Waals surface area contributed by atoms with Gasteiger partial charge in [0, 0.05) is 22.7 Å². The van der Waals surface area contributed by atoms with Crippen molar-refractivity contribution < 1.29 is 14.6 Å². The molecule has 0 aliphatic carbocycles. The van der Waals surface area contributed by atoms with E-state index in [1.165, 1.54) is 0 Å². The molecule has 0 saturated heterocycles. The summed E-state index contributed by atoms with van der Waals surface area (Å²) in [4.78, 5) is 14.8. The first-order chi connectivity index (χ1) is 8.90. The van der Waals surface area contributed by atoms with E-state index in [0.29, 0.717) is 5.69 Å². The van der Waals surface area contributed by atoms with Crippen LogP contribution in [0.5, 0.6) is 0 Å². The Labute approximate surface area is 111 Å². The van der Waals surface area contributed by atoms with E-state index in [1.807, 2.05) is 32.9 Å². The van der Waals surface area contributed by atoms with Crippen LogP contribution in [0.2, 0.25) is 0 Å². The minimum Gasteiger partial charge on any atom is -0.444 e. The number of carbonyl (C=O) groups is 1. The number of benzene rings is 1. The smallest absolute Gasteiger partial charge is 0.412 e. The number of fused-ring (bicyclic) bond motifs is 1. The lowest BCUT2D eigenvalue weighted by Crippen LogP contribution is -2.27. The third-order valence-electron chi connectivity index (χ3n) is 2.59. The SMILES string of the molecule is CC(C)(C)OC(=O)Nc1cccc2[nH]cc(CO)c12. The Bertz CT molecular complexity index is 596. The monoisotopic (exact) mass is 262 g/mol. The van der Waals surface area contributed by atoms with Gasteiger partial charge in [-0.05, 0) is 32.9 Å². The van der Waals surface area contributed by atoms with Gasteiger partial charge in [0.1, 0.15) is 5.60 Å². The zero-order valence-electron chi connectivity index (χ0n) is 11.3. The van der Waals surface area contributed by atoms with E-state index >= 15 is 0 Å². The van der Waals surface area contributed by atoms with Crippen molar-refractivity contribution in [1.82, 2.24) is 4.98 Å². The van der Waals surface area contributed by atoms with Crippen LogP contribution in [0.3, 0.4) is 0 Å². The van der Waals surface area contributed by atoms with Gasteiger partial charge in [-0.2, -0.15) is 0 Å². The molecule has 0 saturated carbocycles. The number of nitrogens with one attached hydrogen (secondary N) is 2. The summed E-state index contributed by atoms with van der Waals surface area (Å²) in [5, 5.41) is 12.8. The standard InChI is InChI=1S/C14H18N2O3/c1-14(2,3)19-13(18)16-11-6-4-5-10-12(11)9(8-17)7-15-10/h4-7,15,17H,8H2,1-3H3,(H,16,18). The number of carbonyl (C=O) groups excluding carboxylic acids is 1. The number of anilines is 1. The van der Waals surface area contributed by atoms with E-state index in [0.717, 1.165) is 16.5 Å². The number of H-pyrrole nitrogens is 1. The number of hydrogen-bond acceptors (Lipinski definition) is 3. The van der Waals surface area contributed by atoms with E-state index in [4.69, 9.17) is 4.74 Å². The average molecular weight is 262 g/mol. The van der Waals surface area contributed by atoms with E-state index in [-0.39, 0.29) is 6.61 Å². The predicted octanol–water partition coefficient (Wildman–Crippen LogP) is 3.01. The Kier molecular flexibility index (Phi) is 3.48. The molecule has 1 heterocycles. The van der Waals surface area contributed by atoms with E-state index < -0.39 is 11.7 Å². The lowest BCUT2D eigenvalue weighted by atomic mass is 10.1. The Morgan fingerprint density at radius 1 is 1.42 bits per heavy atom. The summed E-state index contributed by atoms with van der Waals surface area (Å²) in [6.07, 6.45) is 1.22. The van der Waals surface area contributed by atoms with Crippen LogP contribution in [0.25, 0.3) is 10.9 Å². The first-order valence-electron chi connectivity index (χ1n) is 6.10. The summed E-state index contributed by atoms with van der Waals surface area (Å²) in [5.74, 6) is 0. The number of amides is 1. The van der Waals surface area contributed by atoms with Crippen molar-refractivity contribution in [1.29, 1.82) is 0 Å². The summed E-state index contributed by atoms with van der Waals surface area (Å²) < 4.78 is 5.22. The summed E-state index contributed by atoms with van der Waals surface area (Å²) in [6.45, 7) is 5.33. The van der Waals surface area contributed by atoms with Gasteiger partial charge in [-0.1, -0.05) is 6.07 Å².